The van der Waals surface area contributed by atoms with Crippen molar-refractivity contribution in [3.05, 3.63) is 76.0 Å². The number of halogens is 2. The maximum absolute atomic E-state index is 12.0. The highest BCUT2D eigenvalue weighted by Gasteiger charge is 2.10. The second-order valence-electron chi connectivity index (χ2n) is 5.72. The summed E-state index contributed by atoms with van der Waals surface area (Å²) in [6.45, 7) is 0. The van der Waals surface area contributed by atoms with Crippen LogP contribution in [0.25, 0.3) is 17.4 Å². The quantitative estimate of drug-likeness (QED) is 0.488. The van der Waals surface area contributed by atoms with Gasteiger partial charge in [0.15, 0.2) is 0 Å². The summed E-state index contributed by atoms with van der Waals surface area (Å²) in [5.74, 6) is -1.20. The molecule has 0 aliphatic carbocycles. The predicted octanol–water partition coefficient (Wildman–Crippen LogP) is 5.31. The Bertz CT molecular complexity index is 1070. The van der Waals surface area contributed by atoms with Crippen LogP contribution in [0.5, 0.6) is 5.75 Å². The van der Waals surface area contributed by atoms with Crippen molar-refractivity contribution in [2.24, 2.45) is 0 Å². The van der Waals surface area contributed by atoms with Gasteiger partial charge in [0.2, 0.25) is 5.91 Å². The van der Waals surface area contributed by atoms with Crippen molar-refractivity contribution in [2.45, 2.75) is 0 Å². The summed E-state index contributed by atoms with van der Waals surface area (Å²) in [6.07, 6.45) is 2.71. The molecule has 0 fully saturated rings. The zero-order chi connectivity index (χ0) is 20.3. The molecular formula is C20H13Cl2NO5. The number of anilines is 1. The van der Waals surface area contributed by atoms with Crippen molar-refractivity contribution >= 4 is 46.8 Å². The van der Waals surface area contributed by atoms with Crippen LogP contribution in [0.3, 0.4) is 0 Å². The van der Waals surface area contributed by atoms with E-state index < -0.39 is 17.6 Å². The van der Waals surface area contributed by atoms with Gasteiger partial charge in [-0.15, -0.1) is 0 Å². The number of furan rings is 1. The standard InChI is InChI=1S/C20H13Cl2NO5/c21-12-7-11(8-13(22)9-12)18-5-2-15(28-18)3-6-19(25)23-14-1-4-16(20(26)27)17(24)10-14/h1-10,24H,(H,23,25)(H,26,27)/b6-3+. The molecule has 0 saturated carbocycles. The number of aromatic carboxylic acids is 1. The molecule has 1 heterocycles. The summed E-state index contributed by atoms with van der Waals surface area (Å²) in [5, 5.41) is 22.0. The first-order chi connectivity index (χ1) is 13.3. The number of nitrogens with one attached hydrogen (secondary N) is 1. The minimum absolute atomic E-state index is 0.252. The van der Waals surface area contributed by atoms with Gasteiger partial charge < -0.3 is 19.9 Å². The Labute approximate surface area is 169 Å². The summed E-state index contributed by atoms with van der Waals surface area (Å²) in [6, 6.07) is 12.2. The Morgan fingerprint density at radius 2 is 1.71 bits per heavy atom. The van der Waals surface area contributed by atoms with Crippen LogP contribution in [-0.4, -0.2) is 22.1 Å². The third kappa shape index (κ3) is 4.73. The van der Waals surface area contributed by atoms with Gasteiger partial charge in [0.25, 0.3) is 0 Å². The topological polar surface area (TPSA) is 99.8 Å². The number of phenols is 1. The van der Waals surface area contributed by atoms with Crippen LogP contribution in [0.15, 0.2) is 59.0 Å². The van der Waals surface area contributed by atoms with Gasteiger partial charge in [0.1, 0.15) is 22.8 Å². The van der Waals surface area contributed by atoms with Gasteiger partial charge >= 0.3 is 5.97 Å². The van der Waals surface area contributed by atoms with Gasteiger partial charge in [-0.05, 0) is 48.5 Å². The fraction of sp³-hybridized carbons (Fsp3) is 0. The number of carbonyl (C=O) groups is 2. The minimum atomic E-state index is -1.26. The summed E-state index contributed by atoms with van der Waals surface area (Å²) < 4.78 is 5.65. The van der Waals surface area contributed by atoms with E-state index in [9.17, 15) is 14.7 Å². The van der Waals surface area contributed by atoms with Crippen molar-refractivity contribution in [1.29, 1.82) is 0 Å². The highest BCUT2D eigenvalue weighted by molar-refractivity contribution is 6.35. The van der Waals surface area contributed by atoms with Crippen LogP contribution in [-0.2, 0) is 4.79 Å². The maximum atomic E-state index is 12.0. The van der Waals surface area contributed by atoms with E-state index in [2.05, 4.69) is 5.32 Å². The predicted molar refractivity (Wildman–Crippen MR) is 107 cm³/mol. The lowest BCUT2D eigenvalue weighted by Gasteiger charge is -2.04. The molecule has 0 unspecified atom stereocenters. The van der Waals surface area contributed by atoms with Crippen LogP contribution in [0, 0.1) is 0 Å². The Balaban J connectivity index is 1.69. The second-order valence-corrected chi connectivity index (χ2v) is 6.59. The van der Waals surface area contributed by atoms with Gasteiger partial charge in [-0.25, -0.2) is 4.79 Å². The number of carboxylic acids is 1. The van der Waals surface area contributed by atoms with E-state index in [1.54, 1.807) is 30.3 Å². The first-order valence-electron chi connectivity index (χ1n) is 7.93. The average molecular weight is 418 g/mol. The van der Waals surface area contributed by atoms with Crippen LogP contribution in [0.2, 0.25) is 10.0 Å². The fourth-order valence-corrected chi connectivity index (χ4v) is 2.95. The van der Waals surface area contributed by atoms with Gasteiger partial charge in [-0.2, -0.15) is 0 Å². The molecule has 0 aliphatic heterocycles. The fourth-order valence-electron chi connectivity index (χ4n) is 2.43. The number of carbonyl (C=O) groups excluding carboxylic acids is 1. The van der Waals surface area contributed by atoms with Crippen LogP contribution >= 0.6 is 23.2 Å². The highest BCUT2D eigenvalue weighted by atomic mass is 35.5. The normalized spacial score (nSPS) is 10.9. The largest absolute Gasteiger partial charge is 0.507 e. The molecule has 0 atom stereocenters. The van der Waals surface area contributed by atoms with E-state index in [0.717, 1.165) is 6.07 Å². The molecule has 0 aliphatic rings. The summed E-state index contributed by atoms with van der Waals surface area (Å²) in [5.41, 5.74) is 0.708. The van der Waals surface area contributed by atoms with E-state index >= 15 is 0 Å². The second kappa shape index (κ2) is 8.21. The van der Waals surface area contributed by atoms with Crippen molar-refractivity contribution in [1.82, 2.24) is 0 Å². The Hall–Kier alpha value is -3.22. The molecule has 3 aromatic rings. The van der Waals surface area contributed by atoms with Gasteiger partial charge in [0.05, 0.1) is 0 Å². The number of amides is 1. The molecule has 1 amide bonds. The Morgan fingerprint density at radius 1 is 1.00 bits per heavy atom. The third-order valence-corrected chi connectivity index (χ3v) is 4.10. The van der Waals surface area contributed by atoms with Gasteiger partial charge in [0, 0.05) is 33.4 Å². The lowest BCUT2D eigenvalue weighted by molar-refractivity contribution is -0.111. The molecule has 1 aromatic heterocycles. The van der Waals surface area contributed by atoms with E-state index in [0.29, 0.717) is 27.1 Å². The number of aromatic hydroxyl groups is 1. The first kappa shape index (κ1) is 19.5. The van der Waals surface area contributed by atoms with Crippen molar-refractivity contribution in [3.8, 4) is 17.1 Å². The molecule has 2 aromatic carbocycles. The first-order valence-corrected chi connectivity index (χ1v) is 8.69. The molecule has 0 spiro atoms. The monoisotopic (exact) mass is 417 g/mol. The van der Waals surface area contributed by atoms with Crippen molar-refractivity contribution < 1.29 is 24.2 Å². The van der Waals surface area contributed by atoms with Gasteiger partial charge in [-0.1, -0.05) is 23.2 Å². The zero-order valence-corrected chi connectivity index (χ0v) is 15.7. The SMILES string of the molecule is O=C(/C=C/c1ccc(-c2cc(Cl)cc(Cl)c2)o1)Nc1ccc(C(=O)O)c(O)c1. The molecule has 142 valence electrons. The van der Waals surface area contributed by atoms with E-state index in [1.807, 2.05) is 0 Å². The third-order valence-electron chi connectivity index (χ3n) is 3.67. The number of hydrogen-bond acceptors (Lipinski definition) is 4. The number of benzene rings is 2. The van der Waals surface area contributed by atoms with Crippen LogP contribution in [0.4, 0.5) is 5.69 Å². The number of carboxylic acid groups (broad SMARTS) is 1. The molecule has 3 rings (SSSR count). The molecular weight excluding hydrogens is 405 g/mol. The highest BCUT2D eigenvalue weighted by Crippen LogP contribution is 2.29. The van der Waals surface area contributed by atoms with E-state index in [-0.39, 0.29) is 11.3 Å². The Morgan fingerprint density at radius 3 is 2.36 bits per heavy atom. The van der Waals surface area contributed by atoms with Crippen LogP contribution in [0.1, 0.15) is 16.1 Å². The lowest BCUT2D eigenvalue weighted by Crippen LogP contribution is -2.08. The molecule has 0 bridgehead atoms. The smallest absolute Gasteiger partial charge is 0.339 e. The summed E-state index contributed by atoms with van der Waals surface area (Å²) in [4.78, 5) is 22.9. The minimum Gasteiger partial charge on any atom is -0.507 e. The summed E-state index contributed by atoms with van der Waals surface area (Å²) in [7, 11) is 0. The van der Waals surface area contributed by atoms with Crippen molar-refractivity contribution in [3.63, 3.8) is 0 Å². The molecule has 8 heteroatoms. The van der Waals surface area contributed by atoms with E-state index in [4.69, 9.17) is 32.7 Å². The number of hydrogen-bond donors (Lipinski definition) is 3. The number of rotatable bonds is 5. The molecule has 3 N–H and O–H groups in total. The molecule has 0 saturated heterocycles. The van der Waals surface area contributed by atoms with E-state index in [1.165, 1.54) is 24.3 Å². The molecule has 0 radical (unpaired) electrons. The van der Waals surface area contributed by atoms with Crippen molar-refractivity contribution in [2.75, 3.05) is 5.32 Å². The Kier molecular flexibility index (Phi) is 5.73. The zero-order valence-electron chi connectivity index (χ0n) is 14.1. The summed E-state index contributed by atoms with van der Waals surface area (Å²) >= 11 is 12.0. The van der Waals surface area contributed by atoms with Crippen LogP contribution < -0.4 is 5.32 Å². The van der Waals surface area contributed by atoms with Gasteiger partial charge in [-0.3, -0.25) is 4.79 Å². The molecule has 6 nitrogen and oxygen atoms in total. The molecule has 28 heavy (non-hydrogen) atoms. The average Bonchev–Trinajstić information content (AvgIpc) is 3.08. The maximum Gasteiger partial charge on any atom is 0.339 e. The lowest BCUT2D eigenvalue weighted by atomic mass is 10.2.